The molecule has 1 aliphatic rings. The van der Waals surface area contributed by atoms with Crippen LogP contribution in [0.3, 0.4) is 0 Å². The number of rotatable bonds is 3. The number of nitrogens with one attached hydrogen (secondary N) is 1. The van der Waals surface area contributed by atoms with Crippen LogP contribution >= 0.6 is 0 Å². The first-order valence-corrected chi connectivity index (χ1v) is 6.85. The van der Waals surface area contributed by atoms with Crippen molar-refractivity contribution < 1.29 is 0 Å². The molecule has 1 fully saturated rings. The second-order valence-corrected chi connectivity index (χ2v) is 5.20. The van der Waals surface area contributed by atoms with E-state index in [1.165, 1.54) is 12.8 Å². The molecular formula is C13H20N6. The van der Waals surface area contributed by atoms with Gasteiger partial charge in [-0.15, -0.1) is 10.2 Å². The van der Waals surface area contributed by atoms with E-state index in [1.54, 1.807) is 0 Å². The average molecular weight is 260 g/mol. The molecule has 1 saturated heterocycles. The van der Waals surface area contributed by atoms with Gasteiger partial charge in [0.1, 0.15) is 5.82 Å². The van der Waals surface area contributed by atoms with Crippen LogP contribution in [0.4, 0.5) is 5.82 Å². The van der Waals surface area contributed by atoms with Gasteiger partial charge in [0.2, 0.25) is 5.65 Å². The van der Waals surface area contributed by atoms with Crippen LogP contribution in [0.2, 0.25) is 0 Å². The topological polar surface area (TPSA) is 58.4 Å². The number of piperidine rings is 1. The van der Waals surface area contributed by atoms with E-state index in [0.717, 1.165) is 36.9 Å². The lowest BCUT2D eigenvalue weighted by molar-refractivity contribution is 0.401. The normalized spacial score (nSPS) is 20.1. The summed E-state index contributed by atoms with van der Waals surface area (Å²) < 4.78 is 2.00. The molecule has 0 radical (unpaired) electrons. The summed E-state index contributed by atoms with van der Waals surface area (Å²) in [6.45, 7) is 5.12. The minimum Gasteiger partial charge on any atom is -0.353 e. The largest absolute Gasteiger partial charge is 0.353 e. The molecule has 0 aromatic carbocycles. The number of hydrogen-bond acceptors (Lipinski definition) is 5. The van der Waals surface area contributed by atoms with Gasteiger partial charge in [-0.3, -0.25) is 4.40 Å². The predicted octanol–water partition coefficient (Wildman–Crippen LogP) is 0.869. The number of anilines is 1. The number of hydrogen-bond donors (Lipinski definition) is 1. The van der Waals surface area contributed by atoms with Crippen molar-refractivity contribution >= 4 is 11.5 Å². The van der Waals surface area contributed by atoms with Crippen molar-refractivity contribution in [3.63, 3.8) is 0 Å². The summed E-state index contributed by atoms with van der Waals surface area (Å²) in [6, 6.07) is 0. The molecule has 3 rings (SSSR count). The molecule has 6 heteroatoms. The molecule has 102 valence electrons. The number of aromatic nitrogens is 4. The molecule has 0 saturated carbocycles. The van der Waals surface area contributed by atoms with Crippen molar-refractivity contribution in [2.45, 2.75) is 19.8 Å². The highest BCUT2D eigenvalue weighted by Gasteiger charge is 2.22. The van der Waals surface area contributed by atoms with E-state index in [1.807, 2.05) is 30.8 Å². The van der Waals surface area contributed by atoms with Crippen LogP contribution in [-0.2, 0) is 0 Å². The molecule has 0 bridgehead atoms. The summed E-state index contributed by atoms with van der Waals surface area (Å²) in [5.74, 6) is 2.55. The molecule has 0 spiro atoms. The Morgan fingerprint density at radius 2 is 2.32 bits per heavy atom. The van der Waals surface area contributed by atoms with Crippen LogP contribution in [0.1, 0.15) is 18.7 Å². The third kappa shape index (κ3) is 2.28. The third-order valence-electron chi connectivity index (χ3n) is 3.79. The van der Waals surface area contributed by atoms with E-state index in [0.29, 0.717) is 5.92 Å². The molecule has 0 aliphatic carbocycles. The first-order valence-electron chi connectivity index (χ1n) is 6.85. The van der Waals surface area contributed by atoms with E-state index in [-0.39, 0.29) is 0 Å². The Bertz CT molecular complexity index is 561. The van der Waals surface area contributed by atoms with Crippen molar-refractivity contribution in [3.8, 4) is 0 Å². The molecule has 0 amide bonds. The summed E-state index contributed by atoms with van der Waals surface area (Å²) in [5, 5.41) is 11.7. The summed E-state index contributed by atoms with van der Waals surface area (Å²) in [5.41, 5.74) is 0.866. The zero-order valence-corrected chi connectivity index (χ0v) is 11.5. The van der Waals surface area contributed by atoms with Crippen LogP contribution in [0.25, 0.3) is 5.65 Å². The van der Waals surface area contributed by atoms with Gasteiger partial charge in [0.25, 0.3) is 0 Å². The van der Waals surface area contributed by atoms with Crippen LogP contribution in [0.5, 0.6) is 0 Å². The van der Waals surface area contributed by atoms with E-state index >= 15 is 0 Å². The SMILES string of the molecule is CNCC1CCCN(c2nccn3c(C)nnc23)C1. The maximum Gasteiger partial charge on any atom is 0.203 e. The maximum absolute atomic E-state index is 4.52. The number of fused-ring (bicyclic) bond motifs is 1. The predicted molar refractivity (Wildman–Crippen MR) is 74.4 cm³/mol. The van der Waals surface area contributed by atoms with Crippen molar-refractivity contribution in [2.75, 3.05) is 31.6 Å². The van der Waals surface area contributed by atoms with E-state index < -0.39 is 0 Å². The molecule has 1 N–H and O–H groups in total. The molecule has 1 aliphatic heterocycles. The molecule has 1 atom stereocenters. The van der Waals surface area contributed by atoms with E-state index in [9.17, 15) is 0 Å². The molecular weight excluding hydrogens is 240 g/mol. The summed E-state index contributed by atoms with van der Waals surface area (Å²) >= 11 is 0. The van der Waals surface area contributed by atoms with E-state index in [4.69, 9.17) is 0 Å². The fourth-order valence-corrected chi connectivity index (χ4v) is 2.86. The Labute approximate surface area is 112 Å². The maximum atomic E-state index is 4.52. The summed E-state index contributed by atoms with van der Waals surface area (Å²) in [6.07, 6.45) is 6.25. The number of nitrogens with zero attached hydrogens (tertiary/aromatic N) is 5. The average Bonchev–Trinajstić information content (AvgIpc) is 2.81. The van der Waals surface area contributed by atoms with Crippen molar-refractivity contribution in [1.29, 1.82) is 0 Å². The first-order chi connectivity index (χ1) is 9.29. The van der Waals surface area contributed by atoms with Crippen LogP contribution in [-0.4, -0.2) is 46.3 Å². The molecule has 6 nitrogen and oxygen atoms in total. The summed E-state index contributed by atoms with van der Waals surface area (Å²) in [7, 11) is 2.01. The molecule has 19 heavy (non-hydrogen) atoms. The van der Waals surface area contributed by atoms with E-state index in [2.05, 4.69) is 25.4 Å². The third-order valence-corrected chi connectivity index (χ3v) is 3.79. The quantitative estimate of drug-likeness (QED) is 0.887. The Hall–Kier alpha value is -1.69. The van der Waals surface area contributed by atoms with Crippen molar-refractivity contribution in [1.82, 2.24) is 24.9 Å². The Kier molecular flexibility index (Phi) is 3.33. The van der Waals surface area contributed by atoms with Gasteiger partial charge in [0.05, 0.1) is 0 Å². The van der Waals surface area contributed by atoms with Gasteiger partial charge in [-0.1, -0.05) is 0 Å². The standard InChI is InChI=1S/C13H20N6/c1-10-16-17-13-12(15-5-7-19(10)13)18-6-3-4-11(9-18)8-14-2/h5,7,11,14H,3-4,6,8-9H2,1-2H3. The highest BCUT2D eigenvalue weighted by atomic mass is 15.3. The Morgan fingerprint density at radius 3 is 3.16 bits per heavy atom. The summed E-state index contributed by atoms with van der Waals surface area (Å²) in [4.78, 5) is 6.86. The zero-order chi connectivity index (χ0) is 13.2. The first kappa shape index (κ1) is 12.3. The van der Waals surface area contributed by atoms with Gasteiger partial charge < -0.3 is 10.2 Å². The lowest BCUT2D eigenvalue weighted by Crippen LogP contribution is -2.39. The fourth-order valence-electron chi connectivity index (χ4n) is 2.86. The second-order valence-electron chi connectivity index (χ2n) is 5.20. The smallest absolute Gasteiger partial charge is 0.203 e. The molecule has 1 unspecified atom stereocenters. The van der Waals surface area contributed by atoms with Gasteiger partial charge >= 0.3 is 0 Å². The monoisotopic (exact) mass is 260 g/mol. The van der Waals surface area contributed by atoms with Crippen LogP contribution in [0.15, 0.2) is 12.4 Å². The van der Waals surface area contributed by atoms with Crippen LogP contribution in [0, 0.1) is 12.8 Å². The highest BCUT2D eigenvalue weighted by Crippen LogP contribution is 2.24. The Balaban J connectivity index is 1.91. The second kappa shape index (κ2) is 5.13. The van der Waals surface area contributed by atoms with Gasteiger partial charge in [-0.2, -0.15) is 0 Å². The van der Waals surface area contributed by atoms with Gasteiger partial charge in [0, 0.05) is 25.5 Å². The number of aryl methyl sites for hydroxylation is 1. The van der Waals surface area contributed by atoms with Gasteiger partial charge in [0.15, 0.2) is 5.82 Å². The van der Waals surface area contributed by atoms with Gasteiger partial charge in [-0.05, 0) is 39.3 Å². The fraction of sp³-hybridized carbons (Fsp3) is 0.615. The van der Waals surface area contributed by atoms with Crippen molar-refractivity contribution in [2.24, 2.45) is 5.92 Å². The lowest BCUT2D eigenvalue weighted by atomic mass is 9.98. The lowest BCUT2D eigenvalue weighted by Gasteiger charge is -2.33. The molecule has 2 aromatic rings. The highest BCUT2D eigenvalue weighted by molar-refractivity contribution is 5.63. The van der Waals surface area contributed by atoms with Crippen molar-refractivity contribution in [3.05, 3.63) is 18.2 Å². The zero-order valence-electron chi connectivity index (χ0n) is 11.5. The molecule has 2 aromatic heterocycles. The minimum atomic E-state index is 0.685. The minimum absolute atomic E-state index is 0.685. The molecule has 3 heterocycles. The Morgan fingerprint density at radius 1 is 1.42 bits per heavy atom. The van der Waals surface area contributed by atoms with Gasteiger partial charge in [-0.25, -0.2) is 4.98 Å². The van der Waals surface area contributed by atoms with Crippen LogP contribution < -0.4 is 10.2 Å².